The van der Waals surface area contributed by atoms with Crippen LogP contribution >= 0.6 is 11.8 Å². The van der Waals surface area contributed by atoms with Gasteiger partial charge in [0, 0.05) is 0 Å². The number of fused-ring (bicyclic) bond motifs is 1. The molecule has 0 bridgehead atoms. The van der Waals surface area contributed by atoms with Crippen molar-refractivity contribution in [1.29, 1.82) is 0 Å². The zero-order chi connectivity index (χ0) is 14.3. The number of ether oxygens (including phenoxy) is 1. The Morgan fingerprint density at radius 2 is 2.25 bits per heavy atom. The van der Waals surface area contributed by atoms with Crippen molar-refractivity contribution >= 4 is 28.7 Å². The highest BCUT2D eigenvalue weighted by Gasteiger charge is 2.44. The molecule has 3 heterocycles. The lowest BCUT2D eigenvalue weighted by Gasteiger charge is -2.19. The average molecular weight is 297 g/mol. The summed E-state index contributed by atoms with van der Waals surface area (Å²) in [5, 5.41) is 19.2. The highest BCUT2D eigenvalue weighted by molar-refractivity contribution is 7.99. The zero-order valence-electron chi connectivity index (χ0n) is 10.7. The topological polar surface area (TPSA) is 119 Å². The maximum Gasteiger partial charge on any atom is 0.167 e. The Labute approximate surface area is 119 Å². The lowest BCUT2D eigenvalue weighted by atomic mass is 10.2. The maximum absolute atomic E-state index is 10.1. The highest BCUT2D eigenvalue weighted by Crippen LogP contribution is 2.37. The second kappa shape index (κ2) is 5.17. The Bertz CT molecular complexity index is 621. The summed E-state index contributed by atoms with van der Waals surface area (Å²) in [6.45, 7) is -0.238. The van der Waals surface area contributed by atoms with Crippen LogP contribution < -0.4 is 5.73 Å². The molecule has 1 aliphatic rings. The van der Waals surface area contributed by atoms with Crippen LogP contribution in [0.25, 0.3) is 11.2 Å². The molecule has 0 radical (unpaired) electrons. The molecule has 0 aliphatic carbocycles. The van der Waals surface area contributed by atoms with E-state index in [1.807, 2.05) is 6.26 Å². The zero-order valence-corrected chi connectivity index (χ0v) is 11.6. The Hall–Kier alpha value is -1.42. The van der Waals surface area contributed by atoms with E-state index < -0.39 is 18.4 Å². The van der Waals surface area contributed by atoms with Gasteiger partial charge in [-0.3, -0.25) is 4.57 Å². The van der Waals surface area contributed by atoms with Crippen LogP contribution in [0.2, 0.25) is 0 Å². The van der Waals surface area contributed by atoms with Crippen molar-refractivity contribution in [2.45, 2.75) is 23.7 Å². The highest BCUT2D eigenvalue weighted by atomic mass is 32.2. The predicted molar refractivity (Wildman–Crippen MR) is 74.0 cm³/mol. The van der Waals surface area contributed by atoms with Crippen LogP contribution in [0.4, 0.5) is 5.82 Å². The number of aromatic nitrogens is 4. The normalized spacial score (nSPS) is 30.1. The molecule has 2 unspecified atom stereocenters. The fourth-order valence-electron chi connectivity index (χ4n) is 2.40. The first kappa shape index (κ1) is 13.6. The van der Waals surface area contributed by atoms with Gasteiger partial charge in [-0.05, 0) is 6.26 Å². The van der Waals surface area contributed by atoms with Crippen molar-refractivity contribution in [1.82, 2.24) is 19.5 Å². The molecule has 0 amide bonds. The molecule has 1 fully saturated rings. The lowest BCUT2D eigenvalue weighted by Crippen LogP contribution is -2.31. The number of aliphatic hydroxyl groups is 2. The molecule has 1 saturated heterocycles. The Balaban J connectivity index is 2.04. The molecule has 1 aliphatic heterocycles. The van der Waals surface area contributed by atoms with Crippen molar-refractivity contribution in [2.24, 2.45) is 0 Å². The van der Waals surface area contributed by atoms with E-state index in [0.717, 1.165) is 0 Å². The monoisotopic (exact) mass is 297 g/mol. The summed E-state index contributed by atoms with van der Waals surface area (Å²) in [6, 6.07) is 0. The molecular weight excluding hydrogens is 282 g/mol. The van der Waals surface area contributed by atoms with E-state index >= 15 is 0 Å². The Morgan fingerprint density at radius 3 is 2.95 bits per heavy atom. The van der Waals surface area contributed by atoms with Gasteiger partial charge in [-0.25, -0.2) is 15.0 Å². The smallest absolute Gasteiger partial charge is 0.167 e. The first-order chi connectivity index (χ1) is 9.67. The molecule has 0 spiro atoms. The lowest BCUT2D eigenvalue weighted by molar-refractivity contribution is -0.0430. The molecule has 2 aromatic rings. The fourth-order valence-corrected chi connectivity index (χ4v) is 3.29. The third-order valence-electron chi connectivity index (χ3n) is 3.43. The number of imidazole rings is 1. The molecule has 9 heteroatoms. The van der Waals surface area contributed by atoms with E-state index in [0.29, 0.717) is 17.0 Å². The second-order valence-corrected chi connectivity index (χ2v) is 5.54. The van der Waals surface area contributed by atoms with Crippen molar-refractivity contribution in [2.75, 3.05) is 18.6 Å². The summed E-state index contributed by atoms with van der Waals surface area (Å²) < 4.78 is 7.44. The van der Waals surface area contributed by atoms with E-state index in [1.165, 1.54) is 18.1 Å². The van der Waals surface area contributed by atoms with Crippen LogP contribution in [-0.4, -0.2) is 60.1 Å². The summed E-state index contributed by atoms with van der Waals surface area (Å²) in [7, 11) is 0. The second-order valence-electron chi connectivity index (χ2n) is 4.52. The van der Waals surface area contributed by atoms with Gasteiger partial charge >= 0.3 is 0 Å². The molecular formula is C11H15N5O3S. The third-order valence-corrected chi connectivity index (χ3v) is 4.48. The van der Waals surface area contributed by atoms with Crippen molar-refractivity contribution in [3.63, 3.8) is 0 Å². The fraction of sp³-hybridized carbons (Fsp3) is 0.545. The SMILES string of the molecule is CS[C@@H]1C(O)[C@@H](CO)OC1n1cnc2c(N)ncnc21. The minimum absolute atomic E-state index is 0.222. The molecule has 108 valence electrons. The van der Waals surface area contributed by atoms with Crippen LogP contribution in [0.1, 0.15) is 6.23 Å². The van der Waals surface area contributed by atoms with Crippen LogP contribution in [0.15, 0.2) is 12.7 Å². The number of aliphatic hydroxyl groups excluding tert-OH is 2. The van der Waals surface area contributed by atoms with Gasteiger partial charge in [-0.15, -0.1) is 0 Å². The Kier molecular flexibility index (Phi) is 3.50. The standard InChI is InChI=1S/C11H15N5O3S/c1-20-8-7(18)5(2-17)19-11(8)16-4-15-6-9(12)13-3-14-10(6)16/h3-5,7-8,11,17-18H,2H2,1H3,(H2,12,13,14)/t5-,7?,8-,11?/m1/s1. The maximum atomic E-state index is 10.1. The van der Waals surface area contributed by atoms with E-state index in [1.54, 1.807) is 10.9 Å². The van der Waals surface area contributed by atoms with E-state index in [4.69, 9.17) is 10.5 Å². The summed E-state index contributed by atoms with van der Waals surface area (Å²) in [6.07, 6.45) is 2.98. The van der Waals surface area contributed by atoms with Gasteiger partial charge in [0.2, 0.25) is 0 Å². The van der Waals surface area contributed by atoms with Gasteiger partial charge < -0.3 is 20.7 Å². The molecule has 0 aromatic carbocycles. The predicted octanol–water partition coefficient (Wildman–Crippen LogP) is -0.609. The number of rotatable bonds is 3. The number of nitrogen functional groups attached to an aromatic ring is 1. The molecule has 0 saturated carbocycles. The van der Waals surface area contributed by atoms with Gasteiger partial charge in [0.1, 0.15) is 17.9 Å². The number of hydrogen-bond acceptors (Lipinski definition) is 8. The van der Waals surface area contributed by atoms with Gasteiger partial charge in [-0.1, -0.05) is 0 Å². The van der Waals surface area contributed by atoms with Gasteiger partial charge in [-0.2, -0.15) is 11.8 Å². The van der Waals surface area contributed by atoms with E-state index in [9.17, 15) is 10.2 Å². The van der Waals surface area contributed by atoms with Gasteiger partial charge in [0.25, 0.3) is 0 Å². The average Bonchev–Trinajstić information content (AvgIpc) is 3.00. The molecule has 4 N–H and O–H groups in total. The number of thioether (sulfide) groups is 1. The van der Waals surface area contributed by atoms with Gasteiger partial charge in [0.15, 0.2) is 17.7 Å². The third kappa shape index (κ3) is 1.94. The van der Waals surface area contributed by atoms with E-state index in [2.05, 4.69) is 15.0 Å². The molecule has 3 rings (SSSR count). The number of nitrogens with two attached hydrogens (primary N) is 1. The van der Waals surface area contributed by atoms with Crippen LogP contribution in [-0.2, 0) is 4.74 Å². The van der Waals surface area contributed by atoms with Crippen LogP contribution in [0.3, 0.4) is 0 Å². The number of hydrogen-bond donors (Lipinski definition) is 3. The minimum Gasteiger partial charge on any atom is -0.394 e. The first-order valence-electron chi connectivity index (χ1n) is 6.07. The number of nitrogens with zero attached hydrogens (tertiary/aromatic N) is 4. The van der Waals surface area contributed by atoms with E-state index in [-0.39, 0.29) is 11.9 Å². The summed E-state index contributed by atoms with van der Waals surface area (Å²) in [5.74, 6) is 0.298. The summed E-state index contributed by atoms with van der Waals surface area (Å²) >= 11 is 1.47. The van der Waals surface area contributed by atoms with Crippen molar-refractivity contribution in [3.8, 4) is 0 Å². The minimum atomic E-state index is -0.753. The van der Waals surface area contributed by atoms with Gasteiger partial charge in [0.05, 0.1) is 24.3 Å². The molecule has 20 heavy (non-hydrogen) atoms. The molecule has 8 nitrogen and oxygen atoms in total. The van der Waals surface area contributed by atoms with Crippen LogP contribution in [0, 0.1) is 0 Å². The quantitative estimate of drug-likeness (QED) is 0.686. The Morgan fingerprint density at radius 1 is 1.45 bits per heavy atom. The van der Waals surface area contributed by atoms with Crippen LogP contribution in [0.5, 0.6) is 0 Å². The summed E-state index contributed by atoms with van der Waals surface area (Å²) in [5.41, 5.74) is 6.80. The largest absolute Gasteiger partial charge is 0.394 e. The number of anilines is 1. The molecule has 4 atom stereocenters. The van der Waals surface area contributed by atoms with Crippen molar-refractivity contribution < 1.29 is 14.9 Å². The summed E-state index contributed by atoms with van der Waals surface area (Å²) in [4.78, 5) is 12.2. The first-order valence-corrected chi connectivity index (χ1v) is 7.36. The molecule has 2 aromatic heterocycles. The van der Waals surface area contributed by atoms with Crippen molar-refractivity contribution in [3.05, 3.63) is 12.7 Å².